The monoisotopic (exact) mass is 329 g/mol. The molecule has 1 saturated heterocycles. The van der Waals surface area contributed by atoms with Crippen LogP contribution in [0.25, 0.3) is 0 Å². The molecule has 0 spiro atoms. The van der Waals surface area contributed by atoms with Gasteiger partial charge < -0.3 is 5.73 Å². The maximum Gasteiger partial charge on any atom is 0.218 e. The highest BCUT2D eigenvalue weighted by Crippen LogP contribution is 2.22. The van der Waals surface area contributed by atoms with Gasteiger partial charge in [-0.2, -0.15) is 9.57 Å². The second-order valence-corrected chi connectivity index (χ2v) is 6.99. The van der Waals surface area contributed by atoms with Crippen LogP contribution in [0, 0.1) is 11.3 Å². The van der Waals surface area contributed by atoms with Crippen LogP contribution in [0.15, 0.2) is 24.3 Å². The zero-order valence-corrected chi connectivity index (χ0v) is 13.4. The zero-order valence-electron chi connectivity index (χ0n) is 11.7. The minimum Gasteiger partial charge on any atom is -0.329 e. The predicted octanol–water partition coefficient (Wildman–Crippen LogP) is 1.62. The lowest BCUT2D eigenvalue weighted by Crippen LogP contribution is -2.47. The van der Waals surface area contributed by atoms with Gasteiger partial charge >= 0.3 is 0 Å². The average Bonchev–Trinajstić information content (AvgIpc) is 2.47. The van der Waals surface area contributed by atoms with Gasteiger partial charge in [-0.1, -0.05) is 18.6 Å². The number of halogens is 1. The van der Waals surface area contributed by atoms with E-state index < -0.39 is 10.0 Å². The van der Waals surface area contributed by atoms with E-state index in [2.05, 4.69) is 0 Å². The number of hydrogen-bond acceptors (Lipinski definition) is 4. The number of rotatable bonds is 4. The standard InChI is InChI=1S/C14H19N3O2S.ClH/c15-9-12-4-3-5-13(8-12)11-20(18,19)17-7-2-1-6-14(17)10-16;/h3-5,8,14H,1-2,6-7,10-11,16H2;1H. The van der Waals surface area contributed by atoms with E-state index in [4.69, 9.17) is 11.0 Å². The van der Waals surface area contributed by atoms with E-state index in [0.717, 1.165) is 19.3 Å². The summed E-state index contributed by atoms with van der Waals surface area (Å²) in [7, 11) is -3.38. The summed E-state index contributed by atoms with van der Waals surface area (Å²) in [5, 5.41) is 8.86. The molecule has 1 aromatic rings. The molecule has 1 aromatic carbocycles. The third-order valence-corrected chi connectivity index (χ3v) is 5.50. The lowest BCUT2D eigenvalue weighted by molar-refractivity contribution is 0.257. The molecule has 0 radical (unpaired) electrons. The van der Waals surface area contributed by atoms with Crippen LogP contribution in [0.1, 0.15) is 30.4 Å². The Labute approximate surface area is 132 Å². The van der Waals surface area contributed by atoms with Gasteiger partial charge in [0.2, 0.25) is 10.0 Å². The van der Waals surface area contributed by atoms with E-state index in [1.807, 2.05) is 6.07 Å². The second kappa shape index (κ2) is 7.76. The number of nitrogens with two attached hydrogens (primary N) is 1. The second-order valence-electron chi connectivity index (χ2n) is 5.06. The van der Waals surface area contributed by atoms with Gasteiger partial charge in [-0.3, -0.25) is 0 Å². The molecule has 1 aliphatic rings. The van der Waals surface area contributed by atoms with Crippen molar-refractivity contribution in [1.82, 2.24) is 4.31 Å². The molecule has 2 N–H and O–H groups in total. The van der Waals surface area contributed by atoms with Gasteiger partial charge in [0.1, 0.15) is 0 Å². The molecule has 7 heteroatoms. The van der Waals surface area contributed by atoms with Crippen LogP contribution in [0.3, 0.4) is 0 Å². The van der Waals surface area contributed by atoms with Crippen molar-refractivity contribution in [3.8, 4) is 6.07 Å². The highest BCUT2D eigenvalue weighted by Gasteiger charge is 2.31. The van der Waals surface area contributed by atoms with E-state index in [0.29, 0.717) is 24.2 Å². The molecule has 0 bridgehead atoms. The molecule has 21 heavy (non-hydrogen) atoms. The first kappa shape index (κ1) is 17.9. The summed E-state index contributed by atoms with van der Waals surface area (Å²) < 4.78 is 26.6. The van der Waals surface area contributed by atoms with E-state index >= 15 is 0 Å². The molecule has 1 atom stereocenters. The normalized spacial score (nSPS) is 19.5. The maximum atomic E-state index is 12.5. The molecule has 1 aliphatic heterocycles. The summed E-state index contributed by atoms with van der Waals surface area (Å²) in [5.41, 5.74) is 6.80. The maximum absolute atomic E-state index is 12.5. The quantitative estimate of drug-likeness (QED) is 0.909. The zero-order chi connectivity index (χ0) is 14.6. The van der Waals surface area contributed by atoms with Gasteiger partial charge in [0.25, 0.3) is 0 Å². The molecular weight excluding hydrogens is 310 g/mol. The fourth-order valence-corrected chi connectivity index (χ4v) is 4.42. The van der Waals surface area contributed by atoms with Crippen LogP contribution in [0.4, 0.5) is 0 Å². The molecule has 1 unspecified atom stereocenters. The van der Waals surface area contributed by atoms with Crippen LogP contribution in [-0.4, -0.2) is 31.9 Å². The Morgan fingerprint density at radius 1 is 1.38 bits per heavy atom. The Bertz CT molecular complexity index is 613. The van der Waals surface area contributed by atoms with Gasteiger partial charge in [-0.15, -0.1) is 12.4 Å². The minimum atomic E-state index is -3.38. The number of hydrogen-bond donors (Lipinski definition) is 1. The molecule has 2 rings (SSSR count). The number of piperidine rings is 1. The SMILES string of the molecule is Cl.N#Cc1cccc(CS(=O)(=O)N2CCCCC2CN)c1. The van der Waals surface area contributed by atoms with Crippen molar-refractivity contribution < 1.29 is 8.42 Å². The third kappa shape index (κ3) is 4.42. The van der Waals surface area contributed by atoms with Crippen molar-refractivity contribution in [2.75, 3.05) is 13.1 Å². The van der Waals surface area contributed by atoms with Crippen LogP contribution < -0.4 is 5.73 Å². The first-order chi connectivity index (χ1) is 9.56. The fraction of sp³-hybridized carbons (Fsp3) is 0.500. The number of nitriles is 1. The van der Waals surface area contributed by atoms with Crippen LogP contribution >= 0.6 is 12.4 Å². The van der Waals surface area contributed by atoms with Crippen molar-refractivity contribution in [1.29, 1.82) is 5.26 Å². The molecule has 0 saturated carbocycles. The van der Waals surface area contributed by atoms with Crippen molar-refractivity contribution in [3.05, 3.63) is 35.4 Å². The van der Waals surface area contributed by atoms with Crippen molar-refractivity contribution >= 4 is 22.4 Å². The minimum absolute atomic E-state index is 0. The van der Waals surface area contributed by atoms with E-state index in [1.165, 1.54) is 4.31 Å². The Morgan fingerprint density at radius 3 is 2.81 bits per heavy atom. The number of benzene rings is 1. The first-order valence-electron chi connectivity index (χ1n) is 6.75. The molecule has 0 aliphatic carbocycles. The largest absolute Gasteiger partial charge is 0.329 e. The molecule has 5 nitrogen and oxygen atoms in total. The summed E-state index contributed by atoms with van der Waals surface area (Å²) >= 11 is 0. The van der Waals surface area contributed by atoms with Crippen LogP contribution in [-0.2, 0) is 15.8 Å². The van der Waals surface area contributed by atoms with Gasteiger partial charge in [0.15, 0.2) is 0 Å². The Hall–Kier alpha value is -1.13. The molecule has 0 amide bonds. The summed E-state index contributed by atoms with van der Waals surface area (Å²) in [6.07, 6.45) is 2.74. The summed E-state index contributed by atoms with van der Waals surface area (Å²) in [6, 6.07) is 8.67. The van der Waals surface area contributed by atoms with Gasteiger partial charge in [-0.05, 0) is 30.5 Å². The Morgan fingerprint density at radius 2 is 2.14 bits per heavy atom. The van der Waals surface area contributed by atoms with E-state index in [-0.39, 0.29) is 24.2 Å². The highest BCUT2D eigenvalue weighted by atomic mass is 35.5. The highest BCUT2D eigenvalue weighted by molar-refractivity contribution is 7.88. The number of nitrogens with zero attached hydrogens (tertiary/aromatic N) is 2. The molecule has 116 valence electrons. The van der Waals surface area contributed by atoms with Crippen molar-refractivity contribution in [2.24, 2.45) is 5.73 Å². The Kier molecular flexibility index (Phi) is 6.62. The van der Waals surface area contributed by atoms with E-state index in [9.17, 15) is 8.42 Å². The fourth-order valence-electron chi connectivity index (χ4n) is 2.60. The summed E-state index contributed by atoms with van der Waals surface area (Å²) in [5.74, 6) is -0.0704. The van der Waals surface area contributed by atoms with Gasteiger partial charge in [0, 0.05) is 19.1 Å². The van der Waals surface area contributed by atoms with Crippen LogP contribution in [0.5, 0.6) is 0 Å². The first-order valence-corrected chi connectivity index (χ1v) is 8.36. The smallest absolute Gasteiger partial charge is 0.218 e. The lowest BCUT2D eigenvalue weighted by Gasteiger charge is -2.33. The van der Waals surface area contributed by atoms with Gasteiger partial charge in [-0.25, -0.2) is 8.42 Å². The molecule has 1 fully saturated rings. The summed E-state index contributed by atoms with van der Waals surface area (Å²) in [4.78, 5) is 0. The van der Waals surface area contributed by atoms with Gasteiger partial charge in [0.05, 0.1) is 17.4 Å². The Balaban J connectivity index is 0.00000220. The predicted molar refractivity (Wildman–Crippen MR) is 84.4 cm³/mol. The number of sulfonamides is 1. The van der Waals surface area contributed by atoms with Crippen molar-refractivity contribution in [2.45, 2.75) is 31.1 Å². The van der Waals surface area contributed by atoms with Crippen LogP contribution in [0.2, 0.25) is 0 Å². The molecule has 0 aromatic heterocycles. The molecule has 1 heterocycles. The van der Waals surface area contributed by atoms with Crippen molar-refractivity contribution in [3.63, 3.8) is 0 Å². The topological polar surface area (TPSA) is 87.2 Å². The average molecular weight is 330 g/mol. The lowest BCUT2D eigenvalue weighted by atomic mass is 10.1. The third-order valence-electron chi connectivity index (χ3n) is 3.61. The van der Waals surface area contributed by atoms with E-state index in [1.54, 1.807) is 24.3 Å². The summed E-state index contributed by atoms with van der Waals surface area (Å²) in [6.45, 7) is 0.902. The molecular formula is C14H20ClN3O2S.